The SMILES string of the molecule is CN=C(NCc1ccc(S(=O)(=O)N(C)C(C)C)cc1)NCC(C)(C)SC. The van der Waals surface area contributed by atoms with E-state index in [1.54, 1.807) is 38.0 Å². The predicted octanol–water partition coefficient (Wildman–Crippen LogP) is 2.52. The van der Waals surface area contributed by atoms with E-state index in [0.717, 1.165) is 18.1 Å². The van der Waals surface area contributed by atoms with Crippen LogP contribution in [-0.2, 0) is 16.6 Å². The quantitative estimate of drug-likeness (QED) is 0.518. The third-order valence-electron chi connectivity index (χ3n) is 4.25. The highest BCUT2D eigenvalue weighted by atomic mass is 32.2. The molecule has 0 saturated carbocycles. The summed E-state index contributed by atoms with van der Waals surface area (Å²) >= 11 is 1.80. The Morgan fingerprint density at radius 2 is 1.81 bits per heavy atom. The van der Waals surface area contributed by atoms with Gasteiger partial charge in [-0.05, 0) is 51.6 Å². The van der Waals surface area contributed by atoms with E-state index in [2.05, 4.69) is 35.7 Å². The van der Waals surface area contributed by atoms with E-state index in [0.29, 0.717) is 11.4 Å². The van der Waals surface area contributed by atoms with Crippen LogP contribution in [0, 0.1) is 0 Å². The summed E-state index contributed by atoms with van der Waals surface area (Å²) in [6.45, 7) is 9.42. The van der Waals surface area contributed by atoms with E-state index in [4.69, 9.17) is 0 Å². The summed E-state index contributed by atoms with van der Waals surface area (Å²) in [5.74, 6) is 0.725. The van der Waals surface area contributed by atoms with Crippen LogP contribution in [0.25, 0.3) is 0 Å². The molecule has 1 rings (SSSR count). The fraction of sp³-hybridized carbons (Fsp3) is 0.611. The van der Waals surface area contributed by atoms with Gasteiger partial charge in [0.25, 0.3) is 0 Å². The van der Waals surface area contributed by atoms with Gasteiger partial charge in [0.1, 0.15) is 0 Å². The van der Waals surface area contributed by atoms with Gasteiger partial charge in [-0.3, -0.25) is 4.99 Å². The van der Waals surface area contributed by atoms with Crippen LogP contribution in [0.4, 0.5) is 0 Å². The van der Waals surface area contributed by atoms with Crippen LogP contribution in [0.5, 0.6) is 0 Å². The number of rotatable bonds is 8. The second kappa shape index (κ2) is 9.62. The normalized spacial score (nSPS) is 13.3. The van der Waals surface area contributed by atoms with Gasteiger partial charge < -0.3 is 10.6 Å². The molecule has 8 heteroatoms. The van der Waals surface area contributed by atoms with E-state index in [-0.39, 0.29) is 10.8 Å². The Kier molecular flexibility index (Phi) is 8.43. The van der Waals surface area contributed by atoms with Crippen LogP contribution in [0.2, 0.25) is 0 Å². The van der Waals surface area contributed by atoms with Gasteiger partial charge in [0.05, 0.1) is 4.90 Å². The Morgan fingerprint density at radius 1 is 1.23 bits per heavy atom. The summed E-state index contributed by atoms with van der Waals surface area (Å²) in [6.07, 6.45) is 2.09. The Morgan fingerprint density at radius 3 is 2.27 bits per heavy atom. The summed E-state index contributed by atoms with van der Waals surface area (Å²) < 4.78 is 26.5. The maximum atomic E-state index is 12.5. The smallest absolute Gasteiger partial charge is 0.243 e. The first-order valence-electron chi connectivity index (χ1n) is 8.60. The number of aliphatic imine (C=N–C) groups is 1. The molecular weight excluding hydrogens is 368 g/mol. The molecule has 0 aliphatic heterocycles. The van der Waals surface area contributed by atoms with E-state index >= 15 is 0 Å². The predicted molar refractivity (Wildman–Crippen MR) is 112 cm³/mol. The molecule has 0 fully saturated rings. The number of hydrogen-bond donors (Lipinski definition) is 2. The van der Waals surface area contributed by atoms with Crippen molar-refractivity contribution in [3.8, 4) is 0 Å². The van der Waals surface area contributed by atoms with E-state index in [9.17, 15) is 8.42 Å². The highest BCUT2D eigenvalue weighted by Gasteiger charge is 2.22. The summed E-state index contributed by atoms with van der Waals surface area (Å²) in [7, 11) is -0.111. The van der Waals surface area contributed by atoms with Crippen LogP contribution in [0.15, 0.2) is 34.2 Å². The molecule has 0 aliphatic carbocycles. The lowest BCUT2D eigenvalue weighted by atomic mass is 10.2. The Labute approximate surface area is 162 Å². The molecule has 0 atom stereocenters. The van der Waals surface area contributed by atoms with Gasteiger partial charge >= 0.3 is 0 Å². The lowest BCUT2D eigenvalue weighted by molar-refractivity contribution is 0.410. The Bertz CT molecular complexity index is 698. The lowest BCUT2D eigenvalue weighted by Crippen LogP contribution is -2.43. The van der Waals surface area contributed by atoms with Crippen LogP contribution >= 0.6 is 11.8 Å². The highest BCUT2D eigenvalue weighted by molar-refractivity contribution is 7.99. The fourth-order valence-corrected chi connectivity index (χ4v) is 3.58. The zero-order valence-electron chi connectivity index (χ0n) is 16.8. The standard InChI is InChI=1S/C18H32N4O2S2/c1-14(2)22(6)26(23,24)16-10-8-15(9-11-16)12-20-17(19-5)21-13-18(3,4)25-7/h8-11,14H,12-13H2,1-7H3,(H2,19,20,21). The van der Waals surface area contributed by atoms with Crippen molar-refractivity contribution in [3.05, 3.63) is 29.8 Å². The van der Waals surface area contributed by atoms with Crippen LogP contribution in [0.3, 0.4) is 0 Å². The summed E-state index contributed by atoms with van der Waals surface area (Å²) in [4.78, 5) is 4.53. The van der Waals surface area contributed by atoms with Crippen molar-refractivity contribution in [1.29, 1.82) is 0 Å². The minimum absolute atomic E-state index is 0.0822. The third-order valence-corrected chi connectivity index (χ3v) is 7.54. The first-order valence-corrected chi connectivity index (χ1v) is 11.3. The number of nitrogens with one attached hydrogen (secondary N) is 2. The molecule has 0 unspecified atom stereocenters. The molecule has 1 aromatic rings. The zero-order valence-corrected chi connectivity index (χ0v) is 18.5. The van der Waals surface area contributed by atoms with Gasteiger partial charge in [-0.2, -0.15) is 16.1 Å². The molecule has 0 bridgehead atoms. The van der Waals surface area contributed by atoms with Crippen molar-refractivity contribution in [1.82, 2.24) is 14.9 Å². The first kappa shape index (κ1) is 22.8. The highest BCUT2D eigenvalue weighted by Crippen LogP contribution is 2.19. The number of nitrogens with zero attached hydrogens (tertiary/aromatic N) is 2. The largest absolute Gasteiger partial charge is 0.355 e. The summed E-state index contributed by atoms with van der Waals surface area (Å²) in [5.41, 5.74) is 0.989. The second-order valence-electron chi connectivity index (χ2n) is 7.00. The van der Waals surface area contributed by atoms with Gasteiger partial charge in [-0.25, -0.2) is 8.42 Å². The van der Waals surface area contributed by atoms with Gasteiger partial charge in [-0.15, -0.1) is 0 Å². The Balaban J connectivity index is 2.70. The average molecular weight is 401 g/mol. The fourth-order valence-electron chi connectivity index (χ4n) is 2.00. The topological polar surface area (TPSA) is 73.8 Å². The van der Waals surface area contributed by atoms with E-state index in [1.165, 1.54) is 4.31 Å². The number of guanidine groups is 1. The zero-order chi connectivity index (χ0) is 20.0. The van der Waals surface area contributed by atoms with Gasteiger partial charge in [0.2, 0.25) is 10.0 Å². The molecule has 0 saturated heterocycles. The minimum atomic E-state index is -3.44. The van der Waals surface area contributed by atoms with Crippen LogP contribution in [0.1, 0.15) is 33.3 Å². The molecule has 0 heterocycles. The van der Waals surface area contributed by atoms with Gasteiger partial charge in [0, 0.05) is 38.0 Å². The van der Waals surface area contributed by atoms with Crippen molar-refractivity contribution in [2.24, 2.45) is 4.99 Å². The third kappa shape index (κ3) is 6.48. The number of thioether (sulfide) groups is 1. The molecule has 1 aromatic carbocycles. The minimum Gasteiger partial charge on any atom is -0.355 e. The maximum absolute atomic E-state index is 12.5. The number of benzene rings is 1. The summed E-state index contributed by atoms with van der Waals surface area (Å²) in [6, 6.07) is 6.87. The molecule has 0 radical (unpaired) electrons. The van der Waals surface area contributed by atoms with Gasteiger partial charge in [-0.1, -0.05) is 12.1 Å². The maximum Gasteiger partial charge on any atom is 0.243 e. The molecule has 148 valence electrons. The van der Waals surface area contributed by atoms with Crippen molar-refractivity contribution >= 4 is 27.7 Å². The number of hydrogen-bond acceptors (Lipinski definition) is 4. The molecule has 0 aromatic heterocycles. The van der Waals surface area contributed by atoms with Gasteiger partial charge in [0.15, 0.2) is 5.96 Å². The van der Waals surface area contributed by atoms with Crippen molar-refractivity contribution in [2.45, 2.75) is 49.9 Å². The second-order valence-corrected chi connectivity index (χ2v) is 10.5. The van der Waals surface area contributed by atoms with Crippen molar-refractivity contribution in [3.63, 3.8) is 0 Å². The van der Waals surface area contributed by atoms with Crippen LogP contribution in [-0.4, -0.2) is 56.4 Å². The molecular formula is C18H32N4O2S2. The van der Waals surface area contributed by atoms with E-state index in [1.807, 2.05) is 26.0 Å². The molecule has 26 heavy (non-hydrogen) atoms. The summed E-state index contributed by atoms with van der Waals surface area (Å²) in [5, 5.41) is 6.56. The van der Waals surface area contributed by atoms with Crippen molar-refractivity contribution in [2.75, 3.05) is 26.9 Å². The monoisotopic (exact) mass is 400 g/mol. The van der Waals surface area contributed by atoms with Crippen LogP contribution < -0.4 is 10.6 Å². The van der Waals surface area contributed by atoms with Crippen molar-refractivity contribution < 1.29 is 8.42 Å². The molecule has 0 aliphatic rings. The molecule has 6 nitrogen and oxygen atoms in total. The first-order chi connectivity index (χ1) is 12.0. The molecule has 0 amide bonds. The average Bonchev–Trinajstić information content (AvgIpc) is 2.61. The lowest BCUT2D eigenvalue weighted by Gasteiger charge is -2.23. The Hall–Kier alpha value is -1.25. The number of sulfonamides is 1. The molecule has 2 N–H and O–H groups in total. The molecule has 0 spiro atoms. The van der Waals surface area contributed by atoms with E-state index < -0.39 is 10.0 Å².